The van der Waals surface area contributed by atoms with E-state index >= 15 is 0 Å². The topological polar surface area (TPSA) is 38.0 Å². The molecule has 0 spiro atoms. The van der Waals surface area contributed by atoms with Crippen LogP contribution in [0.3, 0.4) is 0 Å². The zero-order chi connectivity index (χ0) is 13.7. The van der Waals surface area contributed by atoms with Crippen LogP contribution in [-0.4, -0.2) is 6.04 Å². The lowest BCUT2D eigenvalue weighted by molar-refractivity contribution is 0.126. The van der Waals surface area contributed by atoms with E-state index in [0.717, 1.165) is 23.7 Å². The lowest BCUT2D eigenvalue weighted by atomic mass is 9.69. The Labute approximate surface area is 119 Å². The summed E-state index contributed by atoms with van der Waals surface area (Å²) < 4.78 is 0. The molecule has 0 heterocycles. The van der Waals surface area contributed by atoms with Crippen LogP contribution in [0.25, 0.3) is 0 Å². The second-order valence-electron chi connectivity index (χ2n) is 7.09. The maximum Gasteiger partial charge on any atom is 0.0267 e. The zero-order valence-corrected chi connectivity index (χ0v) is 13.0. The van der Waals surface area contributed by atoms with E-state index in [4.69, 9.17) is 5.84 Å². The van der Waals surface area contributed by atoms with Gasteiger partial charge in [0.25, 0.3) is 0 Å². The smallest absolute Gasteiger partial charge is 0.0267 e. The van der Waals surface area contributed by atoms with Gasteiger partial charge in [0.05, 0.1) is 0 Å². The van der Waals surface area contributed by atoms with Crippen molar-refractivity contribution >= 4 is 0 Å². The van der Waals surface area contributed by atoms with Crippen LogP contribution in [0.5, 0.6) is 0 Å². The SMILES string of the molecule is CCC1CCCC(C(NN)C2CCCC(CC)C2)C1. The average molecular weight is 266 g/mol. The Morgan fingerprint density at radius 3 is 1.74 bits per heavy atom. The van der Waals surface area contributed by atoms with Crippen molar-refractivity contribution in [2.75, 3.05) is 0 Å². The van der Waals surface area contributed by atoms with E-state index in [-0.39, 0.29) is 0 Å². The number of hydrazine groups is 1. The third-order valence-corrected chi connectivity index (χ3v) is 6.01. The van der Waals surface area contributed by atoms with Crippen molar-refractivity contribution in [3.63, 3.8) is 0 Å². The molecule has 2 aliphatic carbocycles. The van der Waals surface area contributed by atoms with Gasteiger partial charge >= 0.3 is 0 Å². The number of hydrogen-bond donors (Lipinski definition) is 2. The molecule has 0 radical (unpaired) electrons. The summed E-state index contributed by atoms with van der Waals surface area (Å²) in [6.07, 6.45) is 14.1. The molecule has 0 aromatic rings. The standard InChI is InChI=1S/C17H34N2/c1-3-13-7-5-9-15(11-13)17(19-18)16-10-6-8-14(4-2)12-16/h13-17,19H,3-12,18H2,1-2H3. The fourth-order valence-electron chi connectivity index (χ4n) is 4.72. The van der Waals surface area contributed by atoms with Crippen molar-refractivity contribution < 1.29 is 0 Å². The minimum Gasteiger partial charge on any atom is -0.271 e. The van der Waals surface area contributed by atoms with Crippen LogP contribution in [0.15, 0.2) is 0 Å². The maximum absolute atomic E-state index is 5.96. The van der Waals surface area contributed by atoms with Crippen LogP contribution < -0.4 is 11.3 Å². The second kappa shape index (κ2) is 7.64. The van der Waals surface area contributed by atoms with Gasteiger partial charge in [-0.3, -0.25) is 11.3 Å². The molecule has 2 saturated carbocycles. The van der Waals surface area contributed by atoms with Gasteiger partial charge in [0.2, 0.25) is 0 Å². The van der Waals surface area contributed by atoms with Crippen LogP contribution in [0.2, 0.25) is 0 Å². The first-order valence-electron chi connectivity index (χ1n) is 8.74. The van der Waals surface area contributed by atoms with E-state index in [1.165, 1.54) is 64.2 Å². The summed E-state index contributed by atoms with van der Waals surface area (Å²) in [5.41, 5.74) is 3.23. The molecule has 0 aliphatic heterocycles. The van der Waals surface area contributed by atoms with E-state index < -0.39 is 0 Å². The molecular weight excluding hydrogens is 232 g/mol. The first kappa shape index (κ1) is 15.3. The van der Waals surface area contributed by atoms with Crippen LogP contribution in [-0.2, 0) is 0 Å². The predicted octanol–water partition coefficient (Wildman–Crippen LogP) is 4.25. The van der Waals surface area contributed by atoms with Gasteiger partial charge in [0, 0.05) is 6.04 Å². The molecular formula is C17H34N2. The Kier molecular flexibility index (Phi) is 6.15. The van der Waals surface area contributed by atoms with E-state index in [1.807, 2.05) is 0 Å². The molecule has 0 amide bonds. The maximum atomic E-state index is 5.96. The molecule has 2 rings (SSSR count). The summed E-state index contributed by atoms with van der Waals surface area (Å²) in [7, 11) is 0. The molecule has 2 aliphatic rings. The van der Waals surface area contributed by atoms with E-state index in [2.05, 4.69) is 19.3 Å². The minimum atomic E-state index is 0.587. The molecule has 0 bridgehead atoms. The quantitative estimate of drug-likeness (QED) is 0.576. The third kappa shape index (κ3) is 3.95. The van der Waals surface area contributed by atoms with Crippen molar-refractivity contribution in [1.29, 1.82) is 0 Å². The molecule has 0 saturated heterocycles. The van der Waals surface area contributed by atoms with Crippen LogP contribution in [0.4, 0.5) is 0 Å². The lowest BCUT2D eigenvalue weighted by Crippen LogP contribution is -2.48. The first-order valence-corrected chi connectivity index (χ1v) is 8.74. The minimum absolute atomic E-state index is 0.587. The predicted molar refractivity (Wildman–Crippen MR) is 82.6 cm³/mol. The first-order chi connectivity index (χ1) is 9.28. The summed E-state index contributed by atoms with van der Waals surface area (Å²) in [6, 6.07) is 0.587. The number of nitrogens with one attached hydrogen (secondary N) is 1. The fraction of sp³-hybridized carbons (Fsp3) is 1.00. The third-order valence-electron chi connectivity index (χ3n) is 6.01. The molecule has 0 aromatic heterocycles. The van der Waals surface area contributed by atoms with Gasteiger partial charge in [0.1, 0.15) is 0 Å². The normalized spacial score (nSPS) is 38.1. The molecule has 19 heavy (non-hydrogen) atoms. The number of rotatable bonds is 5. The molecule has 4 atom stereocenters. The molecule has 0 aromatic carbocycles. The van der Waals surface area contributed by atoms with Gasteiger partial charge in [-0.2, -0.15) is 0 Å². The molecule has 2 fully saturated rings. The van der Waals surface area contributed by atoms with Gasteiger partial charge in [-0.05, 0) is 49.4 Å². The Bertz CT molecular complexity index is 230. The summed E-state index contributed by atoms with van der Waals surface area (Å²) in [6.45, 7) is 4.71. The van der Waals surface area contributed by atoms with Gasteiger partial charge < -0.3 is 0 Å². The second-order valence-corrected chi connectivity index (χ2v) is 7.09. The van der Waals surface area contributed by atoms with Gasteiger partial charge in [-0.1, -0.05) is 52.4 Å². The Morgan fingerprint density at radius 1 is 0.895 bits per heavy atom. The van der Waals surface area contributed by atoms with Gasteiger partial charge in [0.15, 0.2) is 0 Å². The summed E-state index contributed by atoms with van der Waals surface area (Å²) in [4.78, 5) is 0. The fourth-order valence-corrected chi connectivity index (χ4v) is 4.72. The zero-order valence-electron chi connectivity index (χ0n) is 13.0. The molecule has 2 heteroatoms. The van der Waals surface area contributed by atoms with Crippen LogP contribution >= 0.6 is 0 Å². The van der Waals surface area contributed by atoms with E-state index in [9.17, 15) is 0 Å². The Balaban J connectivity index is 1.94. The Morgan fingerprint density at radius 2 is 1.37 bits per heavy atom. The molecule has 2 nitrogen and oxygen atoms in total. The van der Waals surface area contributed by atoms with Crippen molar-refractivity contribution in [3.05, 3.63) is 0 Å². The highest BCUT2D eigenvalue weighted by Crippen LogP contribution is 2.40. The molecule has 3 N–H and O–H groups in total. The van der Waals surface area contributed by atoms with E-state index in [0.29, 0.717) is 6.04 Å². The summed E-state index contributed by atoms with van der Waals surface area (Å²) in [5.74, 6) is 9.55. The number of hydrogen-bond acceptors (Lipinski definition) is 2. The van der Waals surface area contributed by atoms with E-state index in [1.54, 1.807) is 0 Å². The van der Waals surface area contributed by atoms with Crippen LogP contribution in [0, 0.1) is 23.7 Å². The summed E-state index contributed by atoms with van der Waals surface area (Å²) in [5, 5.41) is 0. The highest BCUT2D eigenvalue weighted by atomic mass is 15.2. The van der Waals surface area contributed by atoms with Crippen molar-refractivity contribution in [2.45, 2.75) is 84.1 Å². The molecule has 4 unspecified atom stereocenters. The van der Waals surface area contributed by atoms with Crippen molar-refractivity contribution in [1.82, 2.24) is 5.43 Å². The molecule has 112 valence electrons. The largest absolute Gasteiger partial charge is 0.271 e. The highest BCUT2D eigenvalue weighted by Gasteiger charge is 2.34. The average Bonchev–Trinajstić information content (AvgIpc) is 2.48. The van der Waals surface area contributed by atoms with Gasteiger partial charge in [-0.25, -0.2) is 0 Å². The number of nitrogens with two attached hydrogens (primary N) is 1. The lowest BCUT2D eigenvalue weighted by Gasteiger charge is -2.41. The van der Waals surface area contributed by atoms with Gasteiger partial charge in [-0.15, -0.1) is 0 Å². The Hall–Kier alpha value is -0.0800. The van der Waals surface area contributed by atoms with Crippen LogP contribution in [0.1, 0.15) is 78.1 Å². The highest BCUT2D eigenvalue weighted by molar-refractivity contribution is 4.88. The van der Waals surface area contributed by atoms with Crippen molar-refractivity contribution in [3.8, 4) is 0 Å². The summed E-state index contributed by atoms with van der Waals surface area (Å²) >= 11 is 0. The van der Waals surface area contributed by atoms with Crippen molar-refractivity contribution in [2.24, 2.45) is 29.5 Å². The monoisotopic (exact) mass is 266 g/mol.